The van der Waals surface area contributed by atoms with Crippen LogP contribution in [-0.4, -0.2) is 24.5 Å². The molecule has 0 aliphatic heterocycles. The SMILES string of the molecule is CC(C)S(=O)(=O)Oc1ccc(CN(Cc2ccc(F)cc2)C(=O)C2CCC2)cc1. The van der Waals surface area contributed by atoms with Crippen molar-refractivity contribution in [1.29, 1.82) is 0 Å². The molecule has 5 nitrogen and oxygen atoms in total. The second-order valence-corrected chi connectivity index (χ2v) is 9.81. The molecule has 0 radical (unpaired) electrons. The molecule has 0 bridgehead atoms. The van der Waals surface area contributed by atoms with Crippen LogP contribution in [-0.2, 0) is 28.0 Å². The molecule has 0 aromatic heterocycles. The summed E-state index contributed by atoms with van der Waals surface area (Å²) in [5.41, 5.74) is 1.73. The maximum Gasteiger partial charge on any atom is 0.311 e. The highest BCUT2D eigenvalue weighted by molar-refractivity contribution is 7.87. The summed E-state index contributed by atoms with van der Waals surface area (Å²) < 4.78 is 42.1. The van der Waals surface area contributed by atoms with Gasteiger partial charge in [0.2, 0.25) is 5.91 Å². The third kappa shape index (κ3) is 5.56. The molecule has 7 heteroatoms. The van der Waals surface area contributed by atoms with Crippen LogP contribution in [0.3, 0.4) is 0 Å². The number of hydrogen-bond acceptors (Lipinski definition) is 4. The first-order valence-electron chi connectivity index (χ1n) is 9.80. The predicted molar refractivity (Wildman–Crippen MR) is 109 cm³/mol. The van der Waals surface area contributed by atoms with Gasteiger partial charge in [-0.1, -0.05) is 30.7 Å². The Balaban J connectivity index is 1.72. The summed E-state index contributed by atoms with van der Waals surface area (Å²) in [7, 11) is -3.65. The van der Waals surface area contributed by atoms with E-state index in [4.69, 9.17) is 4.18 Å². The van der Waals surface area contributed by atoms with Gasteiger partial charge in [-0.15, -0.1) is 0 Å². The van der Waals surface area contributed by atoms with Gasteiger partial charge in [0.1, 0.15) is 11.6 Å². The Kier molecular flexibility index (Phi) is 6.57. The van der Waals surface area contributed by atoms with Crippen LogP contribution in [0.15, 0.2) is 48.5 Å². The topological polar surface area (TPSA) is 63.7 Å². The molecule has 1 amide bonds. The quantitative estimate of drug-likeness (QED) is 0.600. The van der Waals surface area contributed by atoms with Crippen molar-refractivity contribution in [2.75, 3.05) is 0 Å². The van der Waals surface area contributed by atoms with Crippen LogP contribution in [0, 0.1) is 11.7 Å². The largest absolute Gasteiger partial charge is 0.382 e. The fraction of sp³-hybridized carbons (Fsp3) is 0.409. The molecule has 156 valence electrons. The maximum atomic E-state index is 13.2. The molecule has 2 aromatic carbocycles. The molecular weight excluding hydrogens is 393 g/mol. The summed E-state index contributed by atoms with van der Waals surface area (Å²) in [6.45, 7) is 3.91. The fourth-order valence-corrected chi connectivity index (χ4v) is 3.61. The van der Waals surface area contributed by atoms with Crippen LogP contribution in [0.2, 0.25) is 0 Å². The number of halogens is 1. The van der Waals surface area contributed by atoms with Gasteiger partial charge in [-0.2, -0.15) is 8.42 Å². The Morgan fingerprint density at radius 3 is 2.00 bits per heavy atom. The zero-order valence-electron chi connectivity index (χ0n) is 16.7. The third-order valence-corrected chi connectivity index (χ3v) is 6.72. The minimum absolute atomic E-state index is 0.0502. The van der Waals surface area contributed by atoms with Crippen molar-refractivity contribution < 1.29 is 21.8 Å². The van der Waals surface area contributed by atoms with E-state index in [-0.39, 0.29) is 23.4 Å². The second-order valence-electron chi connectivity index (χ2n) is 7.72. The molecule has 29 heavy (non-hydrogen) atoms. The average Bonchev–Trinajstić information content (AvgIpc) is 2.62. The fourth-order valence-electron chi connectivity index (χ4n) is 3.04. The number of amides is 1. The van der Waals surface area contributed by atoms with E-state index in [1.165, 1.54) is 12.1 Å². The van der Waals surface area contributed by atoms with Crippen LogP contribution in [0.1, 0.15) is 44.2 Å². The van der Waals surface area contributed by atoms with Crippen LogP contribution in [0.4, 0.5) is 4.39 Å². The molecule has 2 aromatic rings. The van der Waals surface area contributed by atoms with Crippen molar-refractivity contribution in [2.45, 2.75) is 51.4 Å². The molecule has 1 saturated carbocycles. The number of carbonyl (C=O) groups is 1. The molecule has 1 fully saturated rings. The van der Waals surface area contributed by atoms with E-state index >= 15 is 0 Å². The first-order chi connectivity index (χ1) is 13.7. The Morgan fingerprint density at radius 2 is 1.55 bits per heavy atom. The van der Waals surface area contributed by atoms with Crippen LogP contribution in [0.25, 0.3) is 0 Å². The van der Waals surface area contributed by atoms with Crippen molar-refractivity contribution in [3.8, 4) is 5.75 Å². The molecule has 0 spiro atoms. The zero-order chi connectivity index (χ0) is 21.0. The zero-order valence-corrected chi connectivity index (χ0v) is 17.5. The minimum atomic E-state index is -3.65. The van der Waals surface area contributed by atoms with Crippen molar-refractivity contribution in [1.82, 2.24) is 4.90 Å². The summed E-state index contributed by atoms with van der Waals surface area (Å²) >= 11 is 0. The van der Waals surface area contributed by atoms with Crippen molar-refractivity contribution in [2.24, 2.45) is 5.92 Å². The van der Waals surface area contributed by atoms with Crippen LogP contribution < -0.4 is 4.18 Å². The van der Waals surface area contributed by atoms with Crippen molar-refractivity contribution >= 4 is 16.0 Å². The van der Waals surface area contributed by atoms with E-state index in [0.29, 0.717) is 13.1 Å². The van der Waals surface area contributed by atoms with E-state index in [1.807, 2.05) is 0 Å². The lowest BCUT2D eigenvalue weighted by atomic mass is 9.84. The van der Waals surface area contributed by atoms with Gasteiger partial charge in [0.05, 0.1) is 5.25 Å². The van der Waals surface area contributed by atoms with Gasteiger partial charge in [0.15, 0.2) is 0 Å². The molecule has 0 atom stereocenters. The van der Waals surface area contributed by atoms with Crippen molar-refractivity contribution in [3.05, 3.63) is 65.5 Å². The van der Waals surface area contributed by atoms with Gasteiger partial charge in [-0.3, -0.25) is 4.79 Å². The monoisotopic (exact) mass is 419 g/mol. The number of hydrogen-bond donors (Lipinski definition) is 0. The highest BCUT2D eigenvalue weighted by Crippen LogP contribution is 2.29. The number of carbonyl (C=O) groups excluding carboxylic acids is 1. The number of benzene rings is 2. The lowest BCUT2D eigenvalue weighted by Crippen LogP contribution is -2.38. The summed E-state index contributed by atoms with van der Waals surface area (Å²) in [4.78, 5) is 14.7. The molecule has 1 aliphatic rings. The number of rotatable bonds is 8. The smallest absolute Gasteiger partial charge is 0.311 e. The molecular formula is C22H26FNO4S. The number of nitrogens with zero attached hydrogens (tertiary/aromatic N) is 1. The van der Waals surface area contributed by atoms with Gasteiger partial charge < -0.3 is 9.08 Å². The Bertz CT molecular complexity index is 936. The van der Waals surface area contributed by atoms with Gasteiger partial charge in [0.25, 0.3) is 0 Å². The summed E-state index contributed by atoms with van der Waals surface area (Å²) in [6.07, 6.45) is 2.87. The summed E-state index contributed by atoms with van der Waals surface area (Å²) in [6, 6.07) is 12.9. The van der Waals surface area contributed by atoms with Gasteiger partial charge >= 0.3 is 10.1 Å². The molecule has 0 unspecified atom stereocenters. The lowest BCUT2D eigenvalue weighted by molar-refractivity contribution is -0.139. The molecule has 0 heterocycles. The van der Waals surface area contributed by atoms with Gasteiger partial charge in [-0.05, 0) is 62.1 Å². The normalized spacial score (nSPS) is 14.5. The lowest BCUT2D eigenvalue weighted by Gasteiger charge is -2.32. The van der Waals surface area contributed by atoms with Crippen LogP contribution in [0.5, 0.6) is 5.75 Å². The van der Waals surface area contributed by atoms with E-state index in [0.717, 1.165) is 30.4 Å². The van der Waals surface area contributed by atoms with E-state index in [1.54, 1.807) is 55.1 Å². The Hall–Kier alpha value is -2.41. The molecule has 1 aliphatic carbocycles. The van der Waals surface area contributed by atoms with Crippen LogP contribution >= 0.6 is 0 Å². The Labute approximate surface area is 171 Å². The first kappa shape index (κ1) is 21.3. The average molecular weight is 420 g/mol. The summed E-state index contributed by atoms with van der Waals surface area (Å²) in [5, 5.41) is -0.631. The van der Waals surface area contributed by atoms with E-state index in [9.17, 15) is 17.6 Å². The highest BCUT2D eigenvalue weighted by Gasteiger charge is 2.29. The molecule has 0 N–H and O–H groups in total. The maximum absolute atomic E-state index is 13.2. The predicted octanol–water partition coefficient (Wildman–Crippen LogP) is 4.27. The highest BCUT2D eigenvalue weighted by atomic mass is 32.2. The minimum Gasteiger partial charge on any atom is -0.382 e. The first-order valence-corrected chi connectivity index (χ1v) is 11.3. The summed E-state index contributed by atoms with van der Waals surface area (Å²) in [5.74, 6) is 0.0907. The van der Waals surface area contributed by atoms with E-state index in [2.05, 4.69) is 0 Å². The standard InChI is InChI=1S/C22H26FNO4S/c1-16(2)29(26,27)28-21-12-8-18(9-13-21)15-24(22(25)19-4-3-5-19)14-17-6-10-20(23)11-7-17/h6-13,16,19H,3-5,14-15H2,1-2H3. The molecule has 0 saturated heterocycles. The van der Waals surface area contributed by atoms with Gasteiger partial charge in [0, 0.05) is 19.0 Å². The Morgan fingerprint density at radius 1 is 1.03 bits per heavy atom. The third-order valence-electron chi connectivity index (χ3n) is 5.14. The second kappa shape index (κ2) is 8.95. The van der Waals surface area contributed by atoms with Crippen molar-refractivity contribution in [3.63, 3.8) is 0 Å². The molecule has 3 rings (SSSR count). The van der Waals surface area contributed by atoms with Gasteiger partial charge in [-0.25, -0.2) is 4.39 Å². The van der Waals surface area contributed by atoms with E-state index < -0.39 is 15.4 Å².